The highest BCUT2D eigenvalue weighted by molar-refractivity contribution is 5.74. The molecule has 0 spiro atoms. The Morgan fingerprint density at radius 1 is 1.22 bits per heavy atom. The van der Waals surface area contributed by atoms with E-state index in [-0.39, 0.29) is 24.7 Å². The highest BCUT2D eigenvalue weighted by Crippen LogP contribution is 2.29. The number of amides is 2. The molecule has 2 rings (SSSR count). The summed E-state index contributed by atoms with van der Waals surface area (Å²) in [5, 5.41) is 14.9. The molecular weight excluding hydrogens is 294 g/mol. The zero-order chi connectivity index (χ0) is 16.8. The molecule has 2 aliphatic rings. The number of rotatable bonds is 7. The highest BCUT2D eigenvalue weighted by Gasteiger charge is 2.34. The van der Waals surface area contributed by atoms with Crippen LogP contribution in [0.4, 0.5) is 4.79 Å². The van der Waals surface area contributed by atoms with E-state index in [0.717, 1.165) is 25.9 Å². The van der Waals surface area contributed by atoms with E-state index < -0.39 is 5.97 Å². The smallest absolute Gasteiger partial charge is 0.317 e. The van der Waals surface area contributed by atoms with Crippen molar-refractivity contribution in [3.8, 4) is 0 Å². The fraction of sp³-hybridized carbons (Fsp3) is 0.882. The van der Waals surface area contributed by atoms with Crippen molar-refractivity contribution in [3.63, 3.8) is 0 Å². The summed E-state index contributed by atoms with van der Waals surface area (Å²) in [6.07, 6.45) is 6.77. The molecule has 6 nitrogen and oxygen atoms in total. The number of likely N-dealkylation sites (N-methyl/N-ethyl adjacent to an activating group) is 1. The van der Waals surface area contributed by atoms with Crippen LogP contribution in [0.3, 0.4) is 0 Å². The molecule has 132 valence electrons. The fourth-order valence-corrected chi connectivity index (χ4v) is 3.83. The summed E-state index contributed by atoms with van der Waals surface area (Å²) in [5.74, 6) is 0.517. The van der Waals surface area contributed by atoms with Crippen LogP contribution >= 0.6 is 0 Å². The minimum absolute atomic E-state index is 0.0764. The molecule has 2 saturated carbocycles. The van der Waals surface area contributed by atoms with Gasteiger partial charge in [-0.2, -0.15) is 0 Å². The quantitative estimate of drug-likeness (QED) is 0.669. The van der Waals surface area contributed by atoms with E-state index in [4.69, 9.17) is 5.11 Å². The van der Waals surface area contributed by atoms with Crippen LogP contribution in [-0.2, 0) is 4.79 Å². The Bertz CT molecular complexity index is 410. The second-order valence-corrected chi connectivity index (χ2v) is 7.16. The SMILES string of the molecule is CCN(CC(=O)O)C1CC(NC(=O)NCC2CCCCC2C)C1. The maximum Gasteiger partial charge on any atom is 0.317 e. The van der Waals surface area contributed by atoms with E-state index in [1.807, 2.05) is 11.8 Å². The molecule has 0 saturated heterocycles. The van der Waals surface area contributed by atoms with Crippen molar-refractivity contribution in [2.24, 2.45) is 11.8 Å². The first-order valence-corrected chi connectivity index (χ1v) is 8.99. The highest BCUT2D eigenvalue weighted by atomic mass is 16.4. The number of urea groups is 1. The van der Waals surface area contributed by atoms with Gasteiger partial charge in [-0.1, -0.05) is 33.1 Å². The Morgan fingerprint density at radius 3 is 2.52 bits per heavy atom. The van der Waals surface area contributed by atoms with Crippen molar-refractivity contribution in [2.45, 2.75) is 64.5 Å². The van der Waals surface area contributed by atoms with Crippen molar-refractivity contribution in [1.82, 2.24) is 15.5 Å². The zero-order valence-electron chi connectivity index (χ0n) is 14.4. The summed E-state index contributed by atoms with van der Waals surface area (Å²) in [6.45, 7) is 5.84. The molecule has 2 amide bonds. The third kappa shape index (κ3) is 5.37. The lowest BCUT2D eigenvalue weighted by Gasteiger charge is -2.42. The van der Waals surface area contributed by atoms with E-state index in [9.17, 15) is 9.59 Å². The normalized spacial score (nSPS) is 30.6. The van der Waals surface area contributed by atoms with Gasteiger partial charge in [0.2, 0.25) is 0 Å². The third-order valence-corrected chi connectivity index (χ3v) is 5.52. The molecule has 0 radical (unpaired) electrons. The van der Waals surface area contributed by atoms with Crippen LogP contribution in [0.2, 0.25) is 0 Å². The molecule has 0 aromatic heterocycles. The summed E-state index contributed by atoms with van der Waals surface area (Å²) >= 11 is 0. The summed E-state index contributed by atoms with van der Waals surface area (Å²) in [4.78, 5) is 24.8. The van der Waals surface area contributed by atoms with Gasteiger partial charge in [-0.15, -0.1) is 0 Å². The second kappa shape index (κ2) is 8.52. The number of carboxylic acids is 1. The Hall–Kier alpha value is -1.30. The molecule has 0 heterocycles. The van der Waals surface area contributed by atoms with Gasteiger partial charge in [-0.05, 0) is 37.6 Å². The third-order valence-electron chi connectivity index (χ3n) is 5.52. The van der Waals surface area contributed by atoms with E-state index in [1.165, 1.54) is 25.7 Å². The first-order chi connectivity index (χ1) is 11.0. The first kappa shape index (κ1) is 18.0. The molecule has 0 aromatic carbocycles. The average Bonchev–Trinajstić information content (AvgIpc) is 2.47. The molecule has 2 atom stereocenters. The van der Waals surface area contributed by atoms with E-state index in [2.05, 4.69) is 17.6 Å². The standard InChI is InChI=1S/C17H31N3O3/c1-3-20(11-16(21)22)15-8-14(9-15)19-17(23)18-10-13-7-5-4-6-12(13)2/h12-15H,3-11H2,1-2H3,(H,21,22)(H2,18,19,23). The van der Waals surface area contributed by atoms with Crippen LogP contribution in [0.15, 0.2) is 0 Å². The second-order valence-electron chi connectivity index (χ2n) is 7.16. The number of hydrogen-bond donors (Lipinski definition) is 3. The van der Waals surface area contributed by atoms with Crippen molar-refractivity contribution in [1.29, 1.82) is 0 Å². The van der Waals surface area contributed by atoms with Crippen molar-refractivity contribution < 1.29 is 14.7 Å². The zero-order valence-corrected chi connectivity index (χ0v) is 14.4. The maximum atomic E-state index is 12.0. The van der Waals surface area contributed by atoms with E-state index >= 15 is 0 Å². The van der Waals surface area contributed by atoms with Gasteiger partial charge in [0.05, 0.1) is 6.54 Å². The summed E-state index contributed by atoms with van der Waals surface area (Å²) in [5.41, 5.74) is 0. The topological polar surface area (TPSA) is 81.7 Å². The van der Waals surface area contributed by atoms with E-state index in [1.54, 1.807) is 0 Å². The van der Waals surface area contributed by atoms with Crippen LogP contribution in [0.1, 0.15) is 52.4 Å². The Morgan fingerprint density at radius 2 is 1.91 bits per heavy atom. The molecule has 0 bridgehead atoms. The summed E-state index contributed by atoms with van der Waals surface area (Å²) in [7, 11) is 0. The first-order valence-electron chi connectivity index (χ1n) is 8.99. The molecule has 23 heavy (non-hydrogen) atoms. The number of nitrogens with zero attached hydrogens (tertiary/aromatic N) is 1. The van der Waals surface area contributed by atoms with Gasteiger partial charge in [0.15, 0.2) is 0 Å². The lowest BCUT2D eigenvalue weighted by atomic mass is 9.80. The van der Waals surface area contributed by atoms with Crippen molar-refractivity contribution >= 4 is 12.0 Å². The van der Waals surface area contributed by atoms with Crippen LogP contribution in [-0.4, -0.2) is 53.7 Å². The molecule has 2 unspecified atom stereocenters. The number of carbonyl (C=O) groups is 2. The van der Waals surface area contributed by atoms with Gasteiger partial charge in [-0.3, -0.25) is 9.69 Å². The number of aliphatic carboxylic acids is 1. The average molecular weight is 325 g/mol. The van der Waals surface area contributed by atoms with Gasteiger partial charge in [0.1, 0.15) is 0 Å². The largest absolute Gasteiger partial charge is 0.480 e. The summed E-state index contributed by atoms with van der Waals surface area (Å²) in [6, 6.07) is 0.374. The Kier molecular flexibility index (Phi) is 6.69. The van der Waals surface area contributed by atoms with Crippen LogP contribution in [0.25, 0.3) is 0 Å². The van der Waals surface area contributed by atoms with Gasteiger partial charge < -0.3 is 15.7 Å². The Labute approximate surface area is 139 Å². The fourth-order valence-electron chi connectivity index (χ4n) is 3.83. The van der Waals surface area contributed by atoms with Crippen molar-refractivity contribution in [3.05, 3.63) is 0 Å². The molecule has 2 aliphatic carbocycles. The minimum Gasteiger partial charge on any atom is -0.480 e. The van der Waals surface area contributed by atoms with Crippen LogP contribution in [0, 0.1) is 11.8 Å². The van der Waals surface area contributed by atoms with Gasteiger partial charge >= 0.3 is 12.0 Å². The van der Waals surface area contributed by atoms with Gasteiger partial charge in [0.25, 0.3) is 0 Å². The maximum absolute atomic E-state index is 12.0. The van der Waals surface area contributed by atoms with Crippen LogP contribution < -0.4 is 10.6 Å². The number of carbonyl (C=O) groups excluding carboxylic acids is 1. The van der Waals surface area contributed by atoms with Gasteiger partial charge in [-0.25, -0.2) is 4.79 Å². The molecule has 0 aromatic rings. The van der Waals surface area contributed by atoms with Gasteiger partial charge in [0, 0.05) is 18.6 Å². The molecule has 6 heteroatoms. The Balaban J connectivity index is 1.63. The molecule has 3 N–H and O–H groups in total. The molecule has 2 fully saturated rings. The van der Waals surface area contributed by atoms with Crippen LogP contribution in [0.5, 0.6) is 0 Å². The number of carboxylic acid groups (broad SMARTS) is 1. The monoisotopic (exact) mass is 325 g/mol. The lowest BCUT2D eigenvalue weighted by molar-refractivity contribution is -0.139. The molecular formula is C17H31N3O3. The molecule has 0 aliphatic heterocycles. The summed E-state index contributed by atoms with van der Waals surface area (Å²) < 4.78 is 0. The predicted molar refractivity (Wildman–Crippen MR) is 89.3 cm³/mol. The minimum atomic E-state index is -0.789. The lowest BCUT2D eigenvalue weighted by Crippen LogP contribution is -2.56. The number of nitrogens with one attached hydrogen (secondary N) is 2. The predicted octanol–water partition coefficient (Wildman–Crippen LogP) is 2.05. The van der Waals surface area contributed by atoms with E-state index in [0.29, 0.717) is 11.8 Å². The number of hydrogen-bond acceptors (Lipinski definition) is 3. The van der Waals surface area contributed by atoms with Crippen molar-refractivity contribution in [2.75, 3.05) is 19.6 Å².